The average molecular weight is 511 g/mol. The molecule has 4 rings (SSSR count). The molecule has 182 valence electrons. The van der Waals surface area contributed by atoms with Crippen molar-refractivity contribution in [3.8, 4) is 0 Å². The highest BCUT2D eigenvalue weighted by Gasteiger charge is 2.37. The molecule has 3 amide bonds. The second-order valence-corrected chi connectivity index (χ2v) is 10.9. The Morgan fingerprint density at radius 2 is 1.91 bits per heavy atom. The zero-order valence-corrected chi connectivity index (χ0v) is 21.1. The lowest BCUT2D eigenvalue weighted by atomic mass is 10.0. The number of para-hydroxylation sites is 1. The molecule has 1 aromatic carbocycles. The molecule has 0 aliphatic rings. The summed E-state index contributed by atoms with van der Waals surface area (Å²) in [6.45, 7) is 5.79. The monoisotopic (exact) mass is 510 g/mol. The molecule has 35 heavy (non-hydrogen) atoms. The summed E-state index contributed by atoms with van der Waals surface area (Å²) in [5.41, 5.74) is 12.2. The number of anilines is 1. The number of carbonyl (C=O) groups excluding carboxylic acids is 3. The lowest BCUT2D eigenvalue weighted by molar-refractivity contribution is -0.127. The van der Waals surface area contributed by atoms with Gasteiger partial charge in [0.2, 0.25) is 5.91 Å². The molecule has 4 aromatic rings. The maximum Gasteiger partial charge on any atom is 0.270 e. The minimum Gasteiger partial charge on any atom is -0.395 e. The highest BCUT2D eigenvalue weighted by atomic mass is 32.1. The summed E-state index contributed by atoms with van der Waals surface area (Å²) >= 11 is 2.26. The van der Waals surface area contributed by atoms with Crippen LogP contribution in [0.2, 0.25) is 0 Å². The van der Waals surface area contributed by atoms with Crippen LogP contribution in [0.4, 0.5) is 5.69 Å². The average Bonchev–Trinajstić information content (AvgIpc) is 3.52. The molecule has 0 aliphatic carbocycles. The van der Waals surface area contributed by atoms with Gasteiger partial charge in [-0.3, -0.25) is 14.4 Å². The minimum atomic E-state index is -0.987. The highest BCUT2D eigenvalue weighted by Crippen LogP contribution is 2.34. The smallest absolute Gasteiger partial charge is 0.270 e. The van der Waals surface area contributed by atoms with Gasteiger partial charge in [-0.15, -0.1) is 11.3 Å². The van der Waals surface area contributed by atoms with E-state index in [4.69, 9.17) is 11.5 Å². The van der Waals surface area contributed by atoms with Crippen LogP contribution < -0.4 is 16.8 Å². The number of aromatic amines is 1. The Bertz CT molecular complexity index is 1380. The second-order valence-electron chi connectivity index (χ2n) is 9.08. The number of nitrogens with two attached hydrogens (primary N) is 2. The lowest BCUT2D eigenvalue weighted by Crippen LogP contribution is -2.49. The van der Waals surface area contributed by atoms with E-state index in [2.05, 4.69) is 14.7 Å². The highest BCUT2D eigenvalue weighted by molar-refractivity contribution is 7.10. The van der Waals surface area contributed by atoms with Gasteiger partial charge in [-0.05, 0) is 49.8 Å². The summed E-state index contributed by atoms with van der Waals surface area (Å²) in [6, 6.07) is 10.4. The third-order valence-electron chi connectivity index (χ3n) is 5.30. The number of thiophene rings is 1. The van der Waals surface area contributed by atoms with Crippen molar-refractivity contribution in [2.75, 3.05) is 5.73 Å². The van der Waals surface area contributed by atoms with E-state index < -0.39 is 23.4 Å². The predicted molar refractivity (Wildman–Crippen MR) is 138 cm³/mol. The number of fused-ring (bicyclic) bond motifs is 1. The molecule has 0 radical (unpaired) electrons. The SMILES string of the molecule is CC(C)(C)NC(=O)[C@H](c1c[nH]c2ccccc12)N(Cc1cccs1)C(=O)c1snc(C(N)=O)c1N. The van der Waals surface area contributed by atoms with Crippen molar-refractivity contribution in [3.63, 3.8) is 0 Å². The van der Waals surface area contributed by atoms with E-state index in [1.54, 1.807) is 6.20 Å². The van der Waals surface area contributed by atoms with Crippen LogP contribution in [-0.2, 0) is 11.3 Å². The van der Waals surface area contributed by atoms with Crippen molar-refractivity contribution in [3.05, 3.63) is 69.0 Å². The van der Waals surface area contributed by atoms with Crippen molar-refractivity contribution < 1.29 is 14.4 Å². The van der Waals surface area contributed by atoms with Gasteiger partial charge in [-0.2, -0.15) is 4.37 Å². The molecular formula is C24H26N6O3S2. The number of nitrogens with zero attached hydrogens (tertiary/aromatic N) is 2. The topological polar surface area (TPSA) is 147 Å². The zero-order valence-electron chi connectivity index (χ0n) is 19.5. The molecular weight excluding hydrogens is 484 g/mol. The quantitative estimate of drug-likeness (QED) is 0.299. The molecule has 1 atom stereocenters. The van der Waals surface area contributed by atoms with Crippen molar-refractivity contribution in [1.82, 2.24) is 19.6 Å². The van der Waals surface area contributed by atoms with Crippen LogP contribution in [-0.4, -0.2) is 37.5 Å². The summed E-state index contributed by atoms with van der Waals surface area (Å²) in [7, 11) is 0. The van der Waals surface area contributed by atoms with Gasteiger partial charge in [0.25, 0.3) is 11.8 Å². The zero-order chi connectivity index (χ0) is 25.3. The van der Waals surface area contributed by atoms with Gasteiger partial charge in [0, 0.05) is 33.1 Å². The molecule has 3 heterocycles. The molecule has 0 bridgehead atoms. The summed E-state index contributed by atoms with van der Waals surface area (Å²) in [6.07, 6.45) is 1.75. The molecule has 0 spiro atoms. The van der Waals surface area contributed by atoms with E-state index in [1.807, 2.05) is 62.5 Å². The van der Waals surface area contributed by atoms with Crippen molar-refractivity contribution >= 4 is 57.2 Å². The molecule has 0 unspecified atom stereocenters. The van der Waals surface area contributed by atoms with Crippen LogP contribution in [0, 0.1) is 0 Å². The van der Waals surface area contributed by atoms with Gasteiger partial charge in [0.05, 0.1) is 12.2 Å². The number of nitrogens with one attached hydrogen (secondary N) is 2. The number of nitrogen functional groups attached to an aromatic ring is 1. The third-order valence-corrected chi connectivity index (χ3v) is 7.01. The minimum absolute atomic E-state index is 0.0590. The number of rotatable bonds is 7. The first-order valence-corrected chi connectivity index (χ1v) is 12.5. The largest absolute Gasteiger partial charge is 0.395 e. The first-order valence-electron chi connectivity index (χ1n) is 10.8. The Morgan fingerprint density at radius 1 is 1.17 bits per heavy atom. The Kier molecular flexibility index (Phi) is 6.64. The Labute approximate surface area is 210 Å². The Balaban J connectivity index is 1.88. The Morgan fingerprint density at radius 3 is 2.54 bits per heavy atom. The van der Waals surface area contributed by atoms with Gasteiger partial charge >= 0.3 is 0 Å². The first kappa shape index (κ1) is 24.4. The van der Waals surface area contributed by atoms with Crippen molar-refractivity contribution in [1.29, 1.82) is 0 Å². The van der Waals surface area contributed by atoms with Crippen LogP contribution in [0.15, 0.2) is 48.0 Å². The molecule has 6 N–H and O–H groups in total. The van der Waals surface area contributed by atoms with E-state index in [9.17, 15) is 14.4 Å². The van der Waals surface area contributed by atoms with Gasteiger partial charge in [0.1, 0.15) is 10.9 Å². The summed E-state index contributed by atoms with van der Waals surface area (Å²) in [5, 5.41) is 5.74. The van der Waals surface area contributed by atoms with E-state index >= 15 is 0 Å². The number of carbonyl (C=O) groups is 3. The fourth-order valence-electron chi connectivity index (χ4n) is 3.82. The van der Waals surface area contributed by atoms with Crippen molar-refractivity contribution in [2.24, 2.45) is 5.73 Å². The van der Waals surface area contributed by atoms with E-state index in [-0.39, 0.29) is 28.7 Å². The molecule has 0 fully saturated rings. The normalized spacial score (nSPS) is 12.4. The van der Waals surface area contributed by atoms with Crippen LogP contribution in [0.25, 0.3) is 10.9 Å². The molecule has 3 aromatic heterocycles. The molecule has 0 saturated heterocycles. The van der Waals surface area contributed by atoms with Crippen molar-refractivity contribution in [2.45, 2.75) is 38.9 Å². The number of amides is 3. The fourth-order valence-corrected chi connectivity index (χ4v) is 5.28. The Hall–Kier alpha value is -3.70. The first-order chi connectivity index (χ1) is 16.6. The number of hydrogen-bond donors (Lipinski definition) is 4. The number of primary amides is 1. The lowest BCUT2D eigenvalue weighted by Gasteiger charge is -2.33. The maximum atomic E-state index is 13.9. The van der Waals surface area contributed by atoms with Gasteiger partial charge in [-0.1, -0.05) is 24.3 Å². The van der Waals surface area contributed by atoms with E-state index in [0.29, 0.717) is 5.56 Å². The number of benzene rings is 1. The van der Waals surface area contributed by atoms with Crippen LogP contribution in [0.1, 0.15) is 57.4 Å². The van der Waals surface area contributed by atoms with Gasteiger partial charge < -0.3 is 26.7 Å². The summed E-state index contributed by atoms with van der Waals surface area (Å²) in [5.74, 6) is -1.67. The second kappa shape index (κ2) is 9.51. The standard InChI is InChI=1S/C24H26N6O3S2/c1-24(2,3)28-22(32)19(15-11-27-16-9-5-4-8-14(15)16)30(12-13-7-6-10-34-13)23(33)20-17(25)18(21(26)31)29-35-20/h4-11,19,27H,12,25H2,1-3H3,(H2,26,31)(H,28,32)/t19-/m0/s1. The van der Waals surface area contributed by atoms with Gasteiger partial charge in [-0.25, -0.2) is 0 Å². The molecule has 11 heteroatoms. The molecule has 0 saturated carbocycles. The molecule has 0 aliphatic heterocycles. The summed E-state index contributed by atoms with van der Waals surface area (Å²) in [4.78, 5) is 45.0. The molecule has 9 nitrogen and oxygen atoms in total. The predicted octanol–water partition coefficient (Wildman–Crippen LogP) is 3.67. The fraction of sp³-hybridized carbons (Fsp3) is 0.250. The van der Waals surface area contributed by atoms with E-state index in [0.717, 1.165) is 27.3 Å². The maximum absolute atomic E-state index is 13.9. The van der Waals surface area contributed by atoms with Crippen LogP contribution in [0.5, 0.6) is 0 Å². The number of hydrogen-bond acceptors (Lipinski definition) is 7. The van der Waals surface area contributed by atoms with Gasteiger partial charge in [0.15, 0.2) is 5.69 Å². The number of H-pyrrole nitrogens is 1. The van der Waals surface area contributed by atoms with Crippen LogP contribution in [0.3, 0.4) is 0 Å². The van der Waals surface area contributed by atoms with E-state index in [1.165, 1.54) is 16.2 Å². The summed E-state index contributed by atoms with van der Waals surface area (Å²) < 4.78 is 3.98. The third kappa shape index (κ3) is 5.05. The van der Waals surface area contributed by atoms with Crippen LogP contribution >= 0.6 is 22.9 Å². The number of aromatic nitrogens is 2.